The van der Waals surface area contributed by atoms with Gasteiger partial charge in [-0.3, -0.25) is 9.36 Å². The van der Waals surface area contributed by atoms with E-state index in [1.165, 1.54) is 11.8 Å². The summed E-state index contributed by atoms with van der Waals surface area (Å²) < 4.78 is 1.95. The van der Waals surface area contributed by atoms with E-state index in [-0.39, 0.29) is 5.91 Å². The average molecular weight is 379 g/mol. The third-order valence-electron chi connectivity index (χ3n) is 3.51. The van der Waals surface area contributed by atoms with E-state index in [9.17, 15) is 4.79 Å². The first-order chi connectivity index (χ1) is 12.0. The summed E-state index contributed by atoms with van der Waals surface area (Å²) in [5.74, 6) is 1.63. The van der Waals surface area contributed by atoms with Gasteiger partial charge in [0.1, 0.15) is 0 Å². The minimum Gasteiger partial charge on any atom is -0.355 e. The Morgan fingerprint density at radius 2 is 2.08 bits per heavy atom. The monoisotopic (exact) mass is 378 g/mol. The SMILES string of the molecule is C=CCn1c(SCC(=O)NCCC(C)C)nnc1-c1ccc(Cl)cc1. The first kappa shape index (κ1) is 19.5. The molecule has 0 spiro atoms. The number of carbonyl (C=O) groups excluding carboxylic acids is 1. The number of benzene rings is 1. The Bertz CT molecular complexity index is 712. The molecule has 1 aromatic heterocycles. The molecule has 2 aromatic rings. The topological polar surface area (TPSA) is 59.8 Å². The zero-order chi connectivity index (χ0) is 18.2. The van der Waals surface area contributed by atoms with E-state index >= 15 is 0 Å². The molecular weight excluding hydrogens is 356 g/mol. The Kier molecular flexibility index (Phi) is 7.52. The van der Waals surface area contributed by atoms with Crippen LogP contribution in [0.4, 0.5) is 0 Å². The van der Waals surface area contributed by atoms with E-state index in [0.29, 0.717) is 34.9 Å². The Morgan fingerprint density at radius 3 is 2.72 bits per heavy atom. The second-order valence-corrected chi connectivity index (χ2v) is 7.41. The van der Waals surface area contributed by atoms with Crippen LogP contribution in [0, 0.1) is 5.92 Å². The summed E-state index contributed by atoms with van der Waals surface area (Å²) in [4.78, 5) is 12.0. The van der Waals surface area contributed by atoms with Crippen LogP contribution in [-0.4, -0.2) is 33.0 Å². The van der Waals surface area contributed by atoms with E-state index in [1.54, 1.807) is 6.08 Å². The predicted molar refractivity (Wildman–Crippen MR) is 104 cm³/mol. The van der Waals surface area contributed by atoms with E-state index in [2.05, 4.69) is 35.9 Å². The number of hydrogen-bond acceptors (Lipinski definition) is 4. The zero-order valence-electron chi connectivity index (χ0n) is 14.5. The van der Waals surface area contributed by atoms with Crippen LogP contribution in [-0.2, 0) is 11.3 Å². The van der Waals surface area contributed by atoms with Crippen molar-refractivity contribution >= 4 is 29.3 Å². The lowest BCUT2D eigenvalue weighted by Crippen LogP contribution is -2.27. The first-order valence-corrected chi connectivity index (χ1v) is 9.57. The number of halogens is 1. The highest BCUT2D eigenvalue weighted by molar-refractivity contribution is 7.99. The maximum atomic E-state index is 12.0. The molecule has 0 saturated carbocycles. The fourth-order valence-corrected chi connectivity index (χ4v) is 3.09. The summed E-state index contributed by atoms with van der Waals surface area (Å²) in [6.45, 7) is 9.34. The Balaban J connectivity index is 2.04. The van der Waals surface area contributed by atoms with E-state index in [1.807, 2.05) is 28.8 Å². The molecule has 0 unspecified atom stereocenters. The molecule has 0 atom stereocenters. The molecule has 0 aliphatic heterocycles. The molecule has 1 amide bonds. The quantitative estimate of drug-likeness (QED) is 0.528. The maximum Gasteiger partial charge on any atom is 0.230 e. The van der Waals surface area contributed by atoms with Crippen LogP contribution in [0.25, 0.3) is 11.4 Å². The number of nitrogens with zero attached hydrogens (tertiary/aromatic N) is 3. The molecule has 0 aliphatic carbocycles. The van der Waals surface area contributed by atoms with Gasteiger partial charge in [-0.15, -0.1) is 16.8 Å². The number of rotatable bonds is 9. The molecule has 134 valence electrons. The van der Waals surface area contributed by atoms with Gasteiger partial charge in [-0.2, -0.15) is 0 Å². The lowest BCUT2D eigenvalue weighted by atomic mass is 10.1. The van der Waals surface area contributed by atoms with E-state index in [4.69, 9.17) is 11.6 Å². The highest BCUT2D eigenvalue weighted by atomic mass is 35.5. The first-order valence-electron chi connectivity index (χ1n) is 8.20. The molecule has 0 aliphatic rings. The summed E-state index contributed by atoms with van der Waals surface area (Å²) in [6, 6.07) is 7.44. The lowest BCUT2D eigenvalue weighted by Gasteiger charge is -2.09. The molecule has 0 bridgehead atoms. The number of carbonyl (C=O) groups is 1. The van der Waals surface area contributed by atoms with Gasteiger partial charge in [-0.1, -0.05) is 43.3 Å². The van der Waals surface area contributed by atoms with Crippen LogP contribution in [0.2, 0.25) is 5.02 Å². The van der Waals surface area contributed by atoms with Crippen LogP contribution >= 0.6 is 23.4 Å². The van der Waals surface area contributed by atoms with Crippen molar-refractivity contribution in [3.63, 3.8) is 0 Å². The van der Waals surface area contributed by atoms with E-state index in [0.717, 1.165) is 17.8 Å². The molecule has 1 N–H and O–H groups in total. The van der Waals surface area contributed by atoms with Crippen molar-refractivity contribution in [1.29, 1.82) is 0 Å². The second kappa shape index (κ2) is 9.63. The number of allylic oxidation sites excluding steroid dienone is 1. The third kappa shape index (κ3) is 5.90. The van der Waals surface area contributed by atoms with Gasteiger partial charge in [0, 0.05) is 23.7 Å². The van der Waals surface area contributed by atoms with Gasteiger partial charge in [-0.25, -0.2) is 0 Å². The minimum atomic E-state index is 0.00634. The Hall–Kier alpha value is -1.79. The van der Waals surface area contributed by atoms with Gasteiger partial charge < -0.3 is 5.32 Å². The van der Waals surface area contributed by atoms with Crippen molar-refractivity contribution in [2.24, 2.45) is 5.92 Å². The van der Waals surface area contributed by atoms with Crippen LogP contribution in [0.1, 0.15) is 20.3 Å². The van der Waals surface area contributed by atoms with Crippen molar-refractivity contribution in [1.82, 2.24) is 20.1 Å². The summed E-state index contributed by atoms with van der Waals surface area (Å²) in [5, 5.41) is 12.8. The summed E-state index contributed by atoms with van der Waals surface area (Å²) in [7, 11) is 0. The zero-order valence-corrected chi connectivity index (χ0v) is 16.1. The second-order valence-electron chi connectivity index (χ2n) is 6.03. The van der Waals surface area contributed by atoms with Crippen molar-refractivity contribution in [2.75, 3.05) is 12.3 Å². The maximum absolute atomic E-state index is 12.0. The minimum absolute atomic E-state index is 0.00634. The van der Waals surface area contributed by atoms with Crippen LogP contribution < -0.4 is 5.32 Å². The van der Waals surface area contributed by atoms with Crippen LogP contribution in [0.3, 0.4) is 0 Å². The predicted octanol–water partition coefficient (Wildman–Crippen LogP) is 4.04. The highest BCUT2D eigenvalue weighted by Crippen LogP contribution is 2.25. The van der Waals surface area contributed by atoms with Crippen molar-refractivity contribution in [2.45, 2.75) is 32.0 Å². The van der Waals surface area contributed by atoms with E-state index < -0.39 is 0 Å². The molecule has 25 heavy (non-hydrogen) atoms. The lowest BCUT2D eigenvalue weighted by molar-refractivity contribution is -0.118. The van der Waals surface area contributed by atoms with Crippen LogP contribution in [0.5, 0.6) is 0 Å². The molecule has 2 rings (SSSR count). The van der Waals surface area contributed by atoms with Gasteiger partial charge in [0.25, 0.3) is 0 Å². The van der Waals surface area contributed by atoms with Gasteiger partial charge in [0.2, 0.25) is 5.91 Å². The number of nitrogens with one attached hydrogen (secondary N) is 1. The fraction of sp³-hybridized carbons (Fsp3) is 0.389. The van der Waals surface area contributed by atoms with Gasteiger partial charge in [0.15, 0.2) is 11.0 Å². The Morgan fingerprint density at radius 1 is 1.36 bits per heavy atom. The summed E-state index contributed by atoms with van der Waals surface area (Å²) in [5.41, 5.74) is 0.923. The molecule has 0 fully saturated rings. The number of hydrogen-bond donors (Lipinski definition) is 1. The smallest absolute Gasteiger partial charge is 0.230 e. The molecule has 1 aromatic carbocycles. The normalized spacial score (nSPS) is 10.9. The third-order valence-corrected chi connectivity index (χ3v) is 4.73. The molecule has 7 heteroatoms. The van der Waals surface area contributed by atoms with Crippen molar-refractivity contribution in [3.8, 4) is 11.4 Å². The summed E-state index contributed by atoms with van der Waals surface area (Å²) >= 11 is 7.32. The van der Waals surface area contributed by atoms with Gasteiger partial charge >= 0.3 is 0 Å². The molecule has 1 heterocycles. The number of aromatic nitrogens is 3. The van der Waals surface area contributed by atoms with Crippen molar-refractivity contribution in [3.05, 3.63) is 41.9 Å². The standard InChI is InChI=1S/C18H23ClN4OS/c1-4-11-23-17(14-5-7-15(19)8-6-14)21-22-18(23)25-12-16(24)20-10-9-13(2)3/h4-8,13H,1,9-12H2,2-3H3,(H,20,24). The van der Waals surface area contributed by atoms with Gasteiger partial charge in [-0.05, 0) is 36.6 Å². The largest absolute Gasteiger partial charge is 0.355 e. The average Bonchev–Trinajstić information content (AvgIpc) is 2.96. The fourth-order valence-electron chi connectivity index (χ4n) is 2.18. The number of thioether (sulfide) groups is 1. The molecule has 0 radical (unpaired) electrons. The highest BCUT2D eigenvalue weighted by Gasteiger charge is 2.14. The van der Waals surface area contributed by atoms with Gasteiger partial charge in [0.05, 0.1) is 5.75 Å². The molecular formula is C18H23ClN4OS. The number of amides is 1. The molecule has 0 saturated heterocycles. The van der Waals surface area contributed by atoms with Crippen LogP contribution in [0.15, 0.2) is 42.1 Å². The van der Waals surface area contributed by atoms with Crippen molar-refractivity contribution < 1.29 is 4.79 Å². The molecule has 5 nitrogen and oxygen atoms in total. The Labute approximate surface area is 157 Å². The summed E-state index contributed by atoms with van der Waals surface area (Å²) in [6.07, 6.45) is 2.76.